The smallest absolute Gasteiger partial charge is 0.409 e. The second-order valence-electron chi connectivity index (χ2n) is 4.43. The van der Waals surface area contributed by atoms with Crippen molar-refractivity contribution in [2.75, 3.05) is 25.0 Å². The zero-order valence-corrected chi connectivity index (χ0v) is 12.5. The lowest BCUT2D eigenvalue weighted by Gasteiger charge is -2.41. The number of piperidine rings is 1. The van der Waals surface area contributed by atoms with Gasteiger partial charge in [0.2, 0.25) is 0 Å². The average molecular weight is 318 g/mol. The number of likely N-dealkylation sites (tertiary alicyclic amines) is 1. The maximum Gasteiger partial charge on any atom is 0.409 e. The summed E-state index contributed by atoms with van der Waals surface area (Å²) in [6, 6.07) is 0. The number of terminal acetylenes is 1. The Kier molecular flexibility index (Phi) is 5.97. The van der Waals surface area contributed by atoms with Crippen LogP contribution in [0.5, 0.6) is 0 Å². The van der Waals surface area contributed by atoms with Crippen LogP contribution in [0.3, 0.4) is 0 Å². The molecule has 1 atom stereocenters. The van der Waals surface area contributed by atoms with Crippen molar-refractivity contribution in [1.82, 2.24) is 4.90 Å². The molecule has 0 aromatic carbocycles. The van der Waals surface area contributed by atoms with Crippen LogP contribution in [0, 0.1) is 12.3 Å². The van der Waals surface area contributed by atoms with Crippen molar-refractivity contribution in [3.8, 4) is 12.3 Å². The van der Waals surface area contributed by atoms with Gasteiger partial charge in [-0.2, -0.15) is 0 Å². The molecule has 0 saturated carbocycles. The minimum atomic E-state index is -0.269. The van der Waals surface area contributed by atoms with Gasteiger partial charge in [-0.05, 0) is 26.7 Å². The van der Waals surface area contributed by atoms with E-state index < -0.39 is 0 Å². The summed E-state index contributed by atoms with van der Waals surface area (Å²) >= 11 is 3.49. The minimum Gasteiger partial charge on any atom is -0.450 e. The molecule has 4 nitrogen and oxygen atoms in total. The zero-order valence-electron chi connectivity index (χ0n) is 10.9. The summed E-state index contributed by atoms with van der Waals surface area (Å²) in [5.41, 5.74) is -0.269. The maximum absolute atomic E-state index is 11.6. The molecule has 0 radical (unpaired) electrons. The van der Waals surface area contributed by atoms with Gasteiger partial charge < -0.3 is 14.4 Å². The largest absolute Gasteiger partial charge is 0.450 e. The van der Waals surface area contributed by atoms with Gasteiger partial charge in [0.05, 0.1) is 12.2 Å². The van der Waals surface area contributed by atoms with Crippen molar-refractivity contribution in [1.29, 1.82) is 0 Å². The predicted octanol–water partition coefficient (Wildman–Crippen LogP) is 2.41. The molecule has 1 aliphatic heterocycles. The van der Waals surface area contributed by atoms with E-state index in [0.29, 0.717) is 19.7 Å². The number of alkyl halides is 1. The monoisotopic (exact) mass is 317 g/mol. The molecule has 0 aromatic heterocycles. The Labute approximate surface area is 117 Å². The second-order valence-corrected chi connectivity index (χ2v) is 4.99. The molecule has 5 heteroatoms. The Morgan fingerprint density at radius 1 is 1.56 bits per heavy atom. The lowest BCUT2D eigenvalue weighted by Crippen LogP contribution is -2.50. The van der Waals surface area contributed by atoms with Crippen LogP contribution in [0.15, 0.2) is 0 Å². The molecule has 1 aliphatic rings. The zero-order chi connectivity index (χ0) is 13.6. The molecule has 0 unspecified atom stereocenters. The van der Waals surface area contributed by atoms with Gasteiger partial charge in [0.25, 0.3) is 0 Å². The van der Waals surface area contributed by atoms with E-state index in [9.17, 15) is 4.79 Å². The van der Waals surface area contributed by atoms with Gasteiger partial charge in [-0.15, -0.1) is 6.42 Å². The van der Waals surface area contributed by atoms with Crippen LogP contribution < -0.4 is 0 Å². The van der Waals surface area contributed by atoms with Crippen molar-refractivity contribution >= 4 is 22.0 Å². The second kappa shape index (κ2) is 7.01. The first-order chi connectivity index (χ1) is 8.56. The van der Waals surface area contributed by atoms with E-state index in [0.717, 1.165) is 18.2 Å². The number of ether oxygens (including phenoxy) is 2. The van der Waals surface area contributed by atoms with Crippen LogP contribution in [-0.2, 0) is 9.47 Å². The third-order valence-electron chi connectivity index (χ3n) is 3.11. The Hall–Kier alpha value is -0.730. The van der Waals surface area contributed by atoms with Gasteiger partial charge in [-0.25, -0.2) is 4.79 Å². The molecule has 0 aliphatic carbocycles. The predicted molar refractivity (Wildman–Crippen MR) is 73.7 cm³/mol. The molecule has 0 aromatic rings. The van der Waals surface area contributed by atoms with Crippen molar-refractivity contribution in [2.45, 2.75) is 38.4 Å². The SMILES string of the molecule is C#C[C@H](C)OC1(CBr)CCN(C(=O)OCC)CC1. The van der Waals surface area contributed by atoms with E-state index in [1.807, 2.05) is 13.8 Å². The van der Waals surface area contributed by atoms with Crippen LogP contribution in [0.2, 0.25) is 0 Å². The fourth-order valence-electron chi connectivity index (χ4n) is 2.00. The highest BCUT2D eigenvalue weighted by atomic mass is 79.9. The molecule has 1 fully saturated rings. The quantitative estimate of drug-likeness (QED) is 0.590. The van der Waals surface area contributed by atoms with Gasteiger partial charge in [0.15, 0.2) is 0 Å². The summed E-state index contributed by atoms with van der Waals surface area (Å²) in [7, 11) is 0. The standard InChI is InChI=1S/C13H20BrNO3/c1-4-11(3)18-13(10-14)6-8-15(9-7-13)12(16)17-5-2/h1,11H,5-10H2,2-3H3/t11-/m0/s1. The van der Waals surface area contributed by atoms with Gasteiger partial charge >= 0.3 is 6.09 Å². The molecule has 102 valence electrons. The fraction of sp³-hybridized carbons (Fsp3) is 0.769. The van der Waals surface area contributed by atoms with E-state index in [1.165, 1.54) is 0 Å². The molecule has 1 saturated heterocycles. The Balaban J connectivity index is 2.54. The molecular formula is C13H20BrNO3. The van der Waals surface area contributed by atoms with Gasteiger partial charge in [-0.1, -0.05) is 21.9 Å². The van der Waals surface area contributed by atoms with Crippen molar-refractivity contribution in [3.05, 3.63) is 0 Å². The first-order valence-corrected chi connectivity index (χ1v) is 7.30. The van der Waals surface area contributed by atoms with Gasteiger partial charge in [0, 0.05) is 18.4 Å². The minimum absolute atomic E-state index is 0.211. The van der Waals surface area contributed by atoms with Crippen molar-refractivity contribution in [2.24, 2.45) is 0 Å². The van der Waals surface area contributed by atoms with E-state index in [1.54, 1.807) is 4.90 Å². The van der Waals surface area contributed by atoms with Crippen LogP contribution in [-0.4, -0.2) is 47.7 Å². The molecular weight excluding hydrogens is 298 g/mol. The number of carbonyl (C=O) groups is 1. The number of nitrogens with zero attached hydrogens (tertiary/aromatic N) is 1. The third-order valence-corrected chi connectivity index (χ3v) is 4.13. The third kappa shape index (κ3) is 3.89. The highest BCUT2D eigenvalue weighted by Gasteiger charge is 2.37. The first kappa shape index (κ1) is 15.3. The van der Waals surface area contributed by atoms with Crippen LogP contribution in [0.25, 0.3) is 0 Å². The van der Waals surface area contributed by atoms with Crippen molar-refractivity contribution in [3.63, 3.8) is 0 Å². The van der Waals surface area contributed by atoms with E-state index in [2.05, 4.69) is 21.9 Å². The van der Waals surface area contributed by atoms with E-state index in [-0.39, 0.29) is 17.8 Å². The van der Waals surface area contributed by atoms with E-state index in [4.69, 9.17) is 15.9 Å². The van der Waals surface area contributed by atoms with E-state index >= 15 is 0 Å². The summed E-state index contributed by atoms with van der Waals surface area (Å²) in [6.45, 7) is 5.36. The summed E-state index contributed by atoms with van der Waals surface area (Å²) in [5, 5.41) is 0.725. The van der Waals surface area contributed by atoms with Crippen molar-refractivity contribution < 1.29 is 14.3 Å². The fourth-order valence-corrected chi connectivity index (χ4v) is 2.70. The van der Waals surface area contributed by atoms with Crippen LogP contribution in [0.1, 0.15) is 26.7 Å². The number of amides is 1. The molecule has 1 heterocycles. The molecule has 1 amide bonds. The lowest BCUT2D eigenvalue weighted by atomic mass is 9.93. The number of rotatable bonds is 4. The Morgan fingerprint density at radius 2 is 2.17 bits per heavy atom. The molecule has 0 bridgehead atoms. The number of carbonyl (C=O) groups excluding carboxylic acids is 1. The summed E-state index contributed by atoms with van der Waals surface area (Å²) in [4.78, 5) is 13.3. The number of halogens is 1. The average Bonchev–Trinajstić information content (AvgIpc) is 2.39. The summed E-state index contributed by atoms with van der Waals surface area (Å²) in [5.74, 6) is 2.58. The lowest BCUT2D eigenvalue weighted by molar-refractivity contribution is -0.0810. The highest BCUT2D eigenvalue weighted by Crippen LogP contribution is 2.30. The summed E-state index contributed by atoms with van der Waals surface area (Å²) < 4.78 is 10.9. The van der Waals surface area contributed by atoms with Gasteiger partial charge in [-0.3, -0.25) is 0 Å². The number of hydrogen-bond donors (Lipinski definition) is 0. The molecule has 0 N–H and O–H groups in total. The molecule has 1 rings (SSSR count). The normalized spacial score (nSPS) is 20.0. The van der Waals surface area contributed by atoms with Gasteiger partial charge in [0.1, 0.15) is 6.10 Å². The Bertz CT molecular complexity index is 319. The first-order valence-electron chi connectivity index (χ1n) is 6.18. The highest BCUT2D eigenvalue weighted by molar-refractivity contribution is 9.09. The Morgan fingerprint density at radius 3 is 2.61 bits per heavy atom. The molecule has 0 spiro atoms. The topological polar surface area (TPSA) is 38.8 Å². The van der Waals surface area contributed by atoms with Crippen LogP contribution in [0.4, 0.5) is 4.79 Å². The number of hydrogen-bond acceptors (Lipinski definition) is 3. The maximum atomic E-state index is 11.6. The van der Waals surface area contributed by atoms with Crippen LogP contribution >= 0.6 is 15.9 Å². The summed E-state index contributed by atoms with van der Waals surface area (Å²) in [6.07, 6.45) is 6.42. The molecule has 18 heavy (non-hydrogen) atoms.